The Labute approximate surface area is 147 Å². The topological polar surface area (TPSA) is 36.3 Å². The van der Waals surface area contributed by atoms with Crippen LogP contribution in [0.3, 0.4) is 0 Å². The van der Waals surface area contributed by atoms with Crippen molar-refractivity contribution >= 4 is 22.6 Å². The molecule has 0 aliphatic heterocycles. The highest BCUT2D eigenvalue weighted by atomic mass is 35.5. The van der Waals surface area contributed by atoms with E-state index in [1.165, 1.54) is 0 Å². The number of hydrogen-bond acceptors (Lipinski definition) is 3. The third kappa shape index (κ3) is 3.40. The molecule has 24 heavy (non-hydrogen) atoms. The number of rotatable bonds is 6. The summed E-state index contributed by atoms with van der Waals surface area (Å²) in [5, 5.41) is 0.738. The van der Waals surface area contributed by atoms with Crippen molar-refractivity contribution in [2.24, 2.45) is 0 Å². The number of halogens is 1. The average molecular weight is 345 g/mol. The highest BCUT2D eigenvalue weighted by molar-refractivity contribution is 6.31. The third-order valence-corrected chi connectivity index (χ3v) is 4.43. The van der Waals surface area contributed by atoms with Gasteiger partial charge in [0.1, 0.15) is 5.75 Å². The molecule has 4 nitrogen and oxygen atoms in total. The van der Waals surface area contributed by atoms with Gasteiger partial charge in [0.15, 0.2) is 11.9 Å². The van der Waals surface area contributed by atoms with Crippen LogP contribution in [0.5, 0.6) is 5.75 Å². The summed E-state index contributed by atoms with van der Waals surface area (Å²) in [6.07, 6.45) is -0.185. The zero-order valence-corrected chi connectivity index (χ0v) is 14.9. The first-order valence-corrected chi connectivity index (χ1v) is 8.35. The van der Waals surface area contributed by atoms with Crippen molar-refractivity contribution in [1.29, 1.82) is 0 Å². The van der Waals surface area contributed by atoms with E-state index in [1.807, 2.05) is 50.2 Å². The molecule has 0 amide bonds. The summed E-state index contributed by atoms with van der Waals surface area (Å²) in [7, 11) is 1.70. The van der Waals surface area contributed by atoms with Crippen LogP contribution in [-0.2, 0) is 11.3 Å². The molecule has 3 rings (SSSR count). The number of benzene rings is 2. The van der Waals surface area contributed by atoms with E-state index in [0.717, 1.165) is 39.7 Å². The Morgan fingerprint density at radius 2 is 2.00 bits per heavy atom. The lowest BCUT2D eigenvalue weighted by molar-refractivity contribution is 0.177. The highest BCUT2D eigenvalue weighted by Gasteiger charge is 2.18. The SMILES string of the molecule is COCCn1c(C(C)Oc2ccc(Cl)c(C)c2)nc2ccccc21. The Bertz CT molecular complexity index is 844. The molecule has 1 unspecified atom stereocenters. The quantitative estimate of drug-likeness (QED) is 0.645. The molecule has 0 saturated carbocycles. The summed E-state index contributed by atoms with van der Waals surface area (Å²) in [4.78, 5) is 4.76. The van der Waals surface area contributed by atoms with Crippen LogP contribution in [-0.4, -0.2) is 23.3 Å². The van der Waals surface area contributed by atoms with E-state index in [9.17, 15) is 0 Å². The molecule has 126 valence electrons. The zero-order valence-electron chi connectivity index (χ0n) is 14.1. The normalized spacial score (nSPS) is 12.5. The second-order valence-electron chi connectivity index (χ2n) is 5.77. The van der Waals surface area contributed by atoms with Crippen LogP contribution >= 0.6 is 11.6 Å². The van der Waals surface area contributed by atoms with E-state index in [1.54, 1.807) is 7.11 Å². The van der Waals surface area contributed by atoms with Crippen LogP contribution in [0.15, 0.2) is 42.5 Å². The maximum Gasteiger partial charge on any atom is 0.153 e. The molecule has 0 N–H and O–H groups in total. The van der Waals surface area contributed by atoms with Crippen molar-refractivity contribution in [3.8, 4) is 5.75 Å². The van der Waals surface area contributed by atoms with Gasteiger partial charge >= 0.3 is 0 Å². The molecule has 0 fully saturated rings. The van der Waals surface area contributed by atoms with Gasteiger partial charge in [-0.25, -0.2) is 4.98 Å². The number of methoxy groups -OCH3 is 1. The first-order valence-electron chi connectivity index (χ1n) is 7.97. The molecule has 5 heteroatoms. The van der Waals surface area contributed by atoms with Gasteiger partial charge in [-0.2, -0.15) is 0 Å². The molecular weight excluding hydrogens is 324 g/mol. The number of ether oxygens (including phenoxy) is 2. The van der Waals surface area contributed by atoms with Crippen LogP contribution in [0, 0.1) is 6.92 Å². The standard InChI is InChI=1S/C19H21ClN2O2/c1-13-12-15(8-9-16(13)20)24-14(2)19-21-17-6-4-5-7-18(17)22(19)10-11-23-3/h4-9,12,14H,10-11H2,1-3H3. The minimum atomic E-state index is -0.185. The molecule has 0 aliphatic carbocycles. The average Bonchev–Trinajstić information content (AvgIpc) is 2.95. The predicted octanol–water partition coefficient (Wildman–Crippen LogP) is 4.78. The number of aryl methyl sites for hydroxylation is 1. The lowest BCUT2D eigenvalue weighted by Crippen LogP contribution is -2.14. The largest absolute Gasteiger partial charge is 0.483 e. The number of aromatic nitrogens is 2. The van der Waals surface area contributed by atoms with Gasteiger partial charge in [-0.15, -0.1) is 0 Å². The second kappa shape index (κ2) is 7.24. The number of fused-ring (bicyclic) bond motifs is 1. The lowest BCUT2D eigenvalue weighted by atomic mass is 10.2. The highest BCUT2D eigenvalue weighted by Crippen LogP contribution is 2.27. The van der Waals surface area contributed by atoms with Crippen molar-refractivity contribution < 1.29 is 9.47 Å². The Kier molecular flexibility index (Phi) is 5.07. The monoisotopic (exact) mass is 344 g/mol. The van der Waals surface area contributed by atoms with Gasteiger partial charge in [0.2, 0.25) is 0 Å². The van der Waals surface area contributed by atoms with Gasteiger partial charge in [0.25, 0.3) is 0 Å². The van der Waals surface area contributed by atoms with Gasteiger partial charge in [-0.05, 0) is 49.7 Å². The van der Waals surface area contributed by atoms with E-state index in [4.69, 9.17) is 26.1 Å². The van der Waals surface area contributed by atoms with Gasteiger partial charge in [-0.3, -0.25) is 0 Å². The molecule has 0 saturated heterocycles. The summed E-state index contributed by atoms with van der Waals surface area (Å²) in [5.41, 5.74) is 3.05. The maximum absolute atomic E-state index is 6.10. The molecule has 1 aromatic heterocycles. The maximum atomic E-state index is 6.10. The number of nitrogens with zero attached hydrogens (tertiary/aromatic N) is 2. The minimum absolute atomic E-state index is 0.185. The molecule has 0 bridgehead atoms. The van der Waals surface area contributed by atoms with Crippen LogP contribution in [0.25, 0.3) is 11.0 Å². The van der Waals surface area contributed by atoms with Gasteiger partial charge in [0.05, 0.1) is 17.6 Å². The van der Waals surface area contributed by atoms with E-state index >= 15 is 0 Å². The smallest absolute Gasteiger partial charge is 0.153 e. The molecule has 0 spiro atoms. The van der Waals surface area contributed by atoms with Crippen LogP contribution in [0.4, 0.5) is 0 Å². The van der Waals surface area contributed by atoms with E-state index in [0.29, 0.717) is 6.61 Å². The van der Waals surface area contributed by atoms with Crippen molar-refractivity contribution in [2.75, 3.05) is 13.7 Å². The van der Waals surface area contributed by atoms with E-state index < -0.39 is 0 Å². The molecule has 1 heterocycles. The van der Waals surface area contributed by atoms with E-state index in [2.05, 4.69) is 10.6 Å². The van der Waals surface area contributed by atoms with Gasteiger partial charge in [0, 0.05) is 18.7 Å². The summed E-state index contributed by atoms with van der Waals surface area (Å²) in [6, 6.07) is 13.8. The molecule has 3 aromatic rings. The summed E-state index contributed by atoms with van der Waals surface area (Å²) in [6.45, 7) is 5.34. The summed E-state index contributed by atoms with van der Waals surface area (Å²) in [5.74, 6) is 1.68. The molecule has 1 atom stereocenters. The van der Waals surface area contributed by atoms with Crippen molar-refractivity contribution in [2.45, 2.75) is 26.5 Å². The van der Waals surface area contributed by atoms with Crippen LogP contribution in [0.2, 0.25) is 5.02 Å². The Hall–Kier alpha value is -2.04. The molecule has 0 aliphatic rings. The van der Waals surface area contributed by atoms with Crippen LogP contribution in [0.1, 0.15) is 24.4 Å². The fraction of sp³-hybridized carbons (Fsp3) is 0.316. The number of para-hydroxylation sites is 2. The van der Waals surface area contributed by atoms with Crippen LogP contribution < -0.4 is 4.74 Å². The Morgan fingerprint density at radius 3 is 2.75 bits per heavy atom. The fourth-order valence-corrected chi connectivity index (χ4v) is 2.89. The van der Waals surface area contributed by atoms with Gasteiger partial charge in [-0.1, -0.05) is 23.7 Å². The zero-order chi connectivity index (χ0) is 17.1. The second-order valence-corrected chi connectivity index (χ2v) is 6.18. The minimum Gasteiger partial charge on any atom is -0.483 e. The predicted molar refractivity (Wildman–Crippen MR) is 96.8 cm³/mol. The number of imidazole rings is 1. The molecule has 0 radical (unpaired) electrons. The first kappa shape index (κ1) is 16.8. The lowest BCUT2D eigenvalue weighted by Gasteiger charge is -2.17. The fourth-order valence-electron chi connectivity index (χ4n) is 2.77. The van der Waals surface area contributed by atoms with Crippen molar-refractivity contribution in [3.63, 3.8) is 0 Å². The Balaban J connectivity index is 1.93. The number of hydrogen-bond donors (Lipinski definition) is 0. The van der Waals surface area contributed by atoms with Crippen molar-refractivity contribution in [1.82, 2.24) is 9.55 Å². The first-order chi connectivity index (χ1) is 11.6. The van der Waals surface area contributed by atoms with E-state index in [-0.39, 0.29) is 6.10 Å². The third-order valence-electron chi connectivity index (χ3n) is 4.01. The Morgan fingerprint density at radius 1 is 1.21 bits per heavy atom. The van der Waals surface area contributed by atoms with Gasteiger partial charge < -0.3 is 14.0 Å². The summed E-state index contributed by atoms with van der Waals surface area (Å²) < 4.78 is 13.5. The molecule has 2 aromatic carbocycles. The molecular formula is C19H21ClN2O2. The van der Waals surface area contributed by atoms with Crippen molar-refractivity contribution in [3.05, 3.63) is 58.9 Å². The summed E-state index contributed by atoms with van der Waals surface area (Å²) >= 11 is 6.08.